The van der Waals surface area contributed by atoms with E-state index in [2.05, 4.69) is 13.8 Å². The molecule has 1 aromatic rings. The Labute approximate surface area is 94.3 Å². The highest BCUT2D eigenvalue weighted by Crippen LogP contribution is 2.20. The van der Waals surface area contributed by atoms with E-state index in [1.165, 1.54) is 0 Å². The molecule has 0 aromatic heterocycles. The summed E-state index contributed by atoms with van der Waals surface area (Å²) >= 11 is 0. The van der Waals surface area contributed by atoms with Crippen molar-refractivity contribution in [2.45, 2.75) is 32.1 Å². The van der Waals surface area contributed by atoms with Gasteiger partial charge in [0.05, 0.1) is 15.7 Å². The zero-order valence-corrected chi connectivity index (χ0v) is 10.4. The molecule has 15 heavy (non-hydrogen) atoms. The Kier molecular flexibility index (Phi) is 4.33. The molecule has 0 amide bonds. The van der Waals surface area contributed by atoms with Crippen molar-refractivity contribution in [3.63, 3.8) is 0 Å². The summed E-state index contributed by atoms with van der Waals surface area (Å²) in [4.78, 5) is 0.787. The van der Waals surface area contributed by atoms with Crippen molar-refractivity contribution in [2.75, 3.05) is 11.5 Å². The van der Waals surface area contributed by atoms with Gasteiger partial charge in [-0.15, -0.1) is 0 Å². The van der Waals surface area contributed by atoms with Crippen LogP contribution in [0.5, 0.6) is 0 Å². The first-order valence-corrected chi connectivity index (χ1v) is 6.61. The van der Waals surface area contributed by atoms with Crippen molar-refractivity contribution in [1.82, 2.24) is 0 Å². The molecule has 2 atom stereocenters. The highest BCUT2D eigenvalue weighted by atomic mass is 32.2. The summed E-state index contributed by atoms with van der Waals surface area (Å²) in [7, 11) is -0.960. The van der Waals surface area contributed by atoms with Gasteiger partial charge in [0.25, 0.3) is 0 Å². The van der Waals surface area contributed by atoms with E-state index < -0.39 is 10.8 Å². The number of aryl methyl sites for hydroxylation is 1. The van der Waals surface area contributed by atoms with Crippen LogP contribution in [0, 0.1) is 12.8 Å². The minimum atomic E-state index is -0.960. The Morgan fingerprint density at radius 2 is 2.13 bits per heavy atom. The Bertz CT molecular complexity index is 363. The molecule has 0 saturated carbocycles. The monoisotopic (exact) mass is 225 g/mol. The Balaban J connectivity index is 2.86. The highest BCUT2D eigenvalue weighted by molar-refractivity contribution is 7.85. The SMILES string of the molecule is CCC(C)CS(=O)c1cc(C)ccc1N. The third-order valence-electron chi connectivity index (χ3n) is 2.55. The van der Waals surface area contributed by atoms with Crippen molar-refractivity contribution in [3.8, 4) is 0 Å². The van der Waals surface area contributed by atoms with Gasteiger partial charge in [-0.05, 0) is 30.5 Å². The van der Waals surface area contributed by atoms with Gasteiger partial charge in [-0.2, -0.15) is 0 Å². The molecule has 2 N–H and O–H groups in total. The van der Waals surface area contributed by atoms with E-state index >= 15 is 0 Å². The maximum atomic E-state index is 12.0. The summed E-state index contributed by atoms with van der Waals surface area (Å²) in [6.07, 6.45) is 1.05. The summed E-state index contributed by atoms with van der Waals surface area (Å²) in [5.41, 5.74) is 7.56. The lowest BCUT2D eigenvalue weighted by molar-refractivity contribution is 0.616. The molecule has 0 radical (unpaired) electrons. The minimum Gasteiger partial charge on any atom is -0.398 e. The molecule has 0 saturated heterocycles. The van der Waals surface area contributed by atoms with Crippen molar-refractivity contribution in [2.24, 2.45) is 5.92 Å². The molecule has 1 rings (SSSR count). The van der Waals surface area contributed by atoms with Crippen LogP contribution in [0.1, 0.15) is 25.8 Å². The van der Waals surface area contributed by atoms with E-state index in [1.54, 1.807) is 0 Å². The number of hydrogen-bond donors (Lipinski definition) is 1. The fraction of sp³-hybridized carbons (Fsp3) is 0.500. The molecule has 3 heteroatoms. The third-order valence-corrected chi connectivity index (χ3v) is 4.26. The lowest BCUT2D eigenvalue weighted by Crippen LogP contribution is -2.09. The molecular formula is C12H19NOS. The van der Waals surface area contributed by atoms with Crippen LogP contribution in [0.15, 0.2) is 23.1 Å². The molecule has 0 fully saturated rings. The zero-order chi connectivity index (χ0) is 11.4. The number of anilines is 1. The summed E-state index contributed by atoms with van der Waals surface area (Å²) in [5.74, 6) is 1.18. The van der Waals surface area contributed by atoms with Gasteiger partial charge in [-0.3, -0.25) is 4.21 Å². The van der Waals surface area contributed by atoms with E-state index in [0.717, 1.165) is 16.9 Å². The van der Waals surface area contributed by atoms with Crippen LogP contribution in [0.4, 0.5) is 5.69 Å². The number of hydrogen-bond acceptors (Lipinski definition) is 2. The van der Waals surface area contributed by atoms with Crippen LogP contribution in [0.25, 0.3) is 0 Å². The van der Waals surface area contributed by atoms with Gasteiger partial charge in [0.2, 0.25) is 0 Å². The molecule has 0 heterocycles. The van der Waals surface area contributed by atoms with E-state index in [0.29, 0.717) is 17.4 Å². The first-order valence-electron chi connectivity index (χ1n) is 5.29. The summed E-state index contributed by atoms with van der Waals surface area (Å²) in [6.45, 7) is 6.22. The van der Waals surface area contributed by atoms with Crippen LogP contribution in [0.2, 0.25) is 0 Å². The van der Waals surface area contributed by atoms with Crippen LogP contribution in [0.3, 0.4) is 0 Å². The van der Waals surface area contributed by atoms with Crippen LogP contribution >= 0.6 is 0 Å². The van der Waals surface area contributed by atoms with Crippen molar-refractivity contribution < 1.29 is 4.21 Å². The number of nitrogens with two attached hydrogens (primary N) is 1. The van der Waals surface area contributed by atoms with Gasteiger partial charge in [0, 0.05) is 11.4 Å². The molecule has 2 nitrogen and oxygen atoms in total. The summed E-state index contributed by atoms with van der Waals surface area (Å²) in [5, 5.41) is 0. The molecule has 0 bridgehead atoms. The summed E-state index contributed by atoms with van der Waals surface area (Å²) in [6, 6.07) is 5.70. The largest absolute Gasteiger partial charge is 0.398 e. The van der Waals surface area contributed by atoms with E-state index in [4.69, 9.17) is 5.73 Å². The zero-order valence-electron chi connectivity index (χ0n) is 9.62. The van der Waals surface area contributed by atoms with Crippen LogP contribution in [-0.2, 0) is 10.8 Å². The normalized spacial score (nSPS) is 14.9. The van der Waals surface area contributed by atoms with E-state index in [9.17, 15) is 4.21 Å². The molecule has 1 aromatic carbocycles. The number of benzene rings is 1. The van der Waals surface area contributed by atoms with Gasteiger partial charge in [-0.1, -0.05) is 26.3 Å². The fourth-order valence-electron chi connectivity index (χ4n) is 1.30. The van der Waals surface area contributed by atoms with Crippen molar-refractivity contribution >= 4 is 16.5 Å². The lowest BCUT2D eigenvalue weighted by Gasteiger charge is -2.10. The Hall–Kier alpha value is -0.830. The van der Waals surface area contributed by atoms with E-state index in [1.807, 2.05) is 25.1 Å². The lowest BCUT2D eigenvalue weighted by atomic mass is 10.2. The molecule has 0 aliphatic heterocycles. The second-order valence-corrected chi connectivity index (χ2v) is 5.53. The molecule has 84 valence electrons. The second kappa shape index (κ2) is 5.31. The second-order valence-electron chi connectivity index (χ2n) is 4.07. The van der Waals surface area contributed by atoms with Gasteiger partial charge in [0.1, 0.15) is 0 Å². The molecule has 2 unspecified atom stereocenters. The third kappa shape index (κ3) is 3.34. The smallest absolute Gasteiger partial charge is 0.0620 e. The van der Waals surface area contributed by atoms with E-state index in [-0.39, 0.29) is 0 Å². The van der Waals surface area contributed by atoms with Crippen molar-refractivity contribution in [1.29, 1.82) is 0 Å². The van der Waals surface area contributed by atoms with Crippen molar-refractivity contribution in [3.05, 3.63) is 23.8 Å². The Morgan fingerprint density at radius 3 is 2.73 bits per heavy atom. The molecule has 0 spiro atoms. The standard InChI is InChI=1S/C12H19NOS/c1-4-9(2)8-15(14)12-7-10(3)5-6-11(12)13/h5-7,9H,4,8,13H2,1-3H3. The minimum absolute atomic E-state index is 0.478. The highest BCUT2D eigenvalue weighted by Gasteiger charge is 2.11. The predicted octanol–water partition coefficient (Wildman–Crippen LogP) is 2.73. The number of rotatable bonds is 4. The van der Waals surface area contributed by atoms with Gasteiger partial charge in [0.15, 0.2) is 0 Å². The van der Waals surface area contributed by atoms with Gasteiger partial charge < -0.3 is 5.73 Å². The quantitative estimate of drug-likeness (QED) is 0.801. The first-order chi connectivity index (χ1) is 7.04. The maximum absolute atomic E-state index is 12.0. The predicted molar refractivity (Wildman–Crippen MR) is 66.3 cm³/mol. The fourth-order valence-corrected chi connectivity index (χ4v) is 2.89. The molecule has 0 aliphatic rings. The summed E-state index contributed by atoms with van der Waals surface area (Å²) < 4.78 is 12.0. The molecular weight excluding hydrogens is 206 g/mol. The maximum Gasteiger partial charge on any atom is 0.0620 e. The topological polar surface area (TPSA) is 43.1 Å². The van der Waals surface area contributed by atoms with Gasteiger partial charge >= 0.3 is 0 Å². The van der Waals surface area contributed by atoms with Crippen LogP contribution in [-0.4, -0.2) is 9.96 Å². The van der Waals surface area contributed by atoms with Crippen LogP contribution < -0.4 is 5.73 Å². The first kappa shape index (κ1) is 12.2. The van der Waals surface area contributed by atoms with Gasteiger partial charge in [-0.25, -0.2) is 0 Å². The molecule has 0 aliphatic carbocycles. The average molecular weight is 225 g/mol. The average Bonchev–Trinajstić information content (AvgIpc) is 2.21. The number of nitrogen functional groups attached to an aromatic ring is 1. The Morgan fingerprint density at radius 1 is 1.47 bits per heavy atom.